The van der Waals surface area contributed by atoms with Crippen molar-refractivity contribution >= 4 is 45.9 Å². The van der Waals surface area contributed by atoms with Gasteiger partial charge >= 0.3 is 0 Å². The molecule has 1 heterocycles. The van der Waals surface area contributed by atoms with E-state index in [-0.39, 0.29) is 29.4 Å². The van der Waals surface area contributed by atoms with Crippen LogP contribution in [0.15, 0.2) is 33.7 Å². The van der Waals surface area contributed by atoms with Gasteiger partial charge in [-0.15, -0.1) is 24.0 Å². The molecule has 1 fully saturated rings. The Morgan fingerprint density at radius 2 is 1.88 bits per heavy atom. The predicted octanol–water partition coefficient (Wildman–Crippen LogP) is 4.38. The van der Waals surface area contributed by atoms with Gasteiger partial charge in [-0.1, -0.05) is 48.0 Å². The first-order chi connectivity index (χ1) is 11.8. The minimum Gasteiger partial charge on any atom is -0.356 e. The fourth-order valence-corrected chi connectivity index (χ4v) is 4.18. The van der Waals surface area contributed by atoms with Crippen LogP contribution in [0.1, 0.15) is 46.1 Å². The number of halogens is 2. The molecule has 0 aromatic heterocycles. The van der Waals surface area contributed by atoms with E-state index in [1.807, 2.05) is 7.05 Å². The summed E-state index contributed by atoms with van der Waals surface area (Å²) < 4.78 is 1.16. The summed E-state index contributed by atoms with van der Waals surface area (Å²) >= 11 is 3.67. The summed E-state index contributed by atoms with van der Waals surface area (Å²) in [5.74, 6) is 0.906. The molecule has 1 aliphatic heterocycles. The first-order valence-corrected chi connectivity index (χ1v) is 10.1. The third-order valence-corrected chi connectivity index (χ3v) is 5.82. The van der Waals surface area contributed by atoms with E-state index in [9.17, 15) is 0 Å². The fraction of sp³-hybridized carbons (Fsp3) is 0.650. The topological polar surface area (TPSA) is 39.7 Å². The Balaban J connectivity index is 0.00000338. The number of rotatable bonds is 5. The molecule has 0 spiro atoms. The van der Waals surface area contributed by atoms with Gasteiger partial charge in [-0.3, -0.25) is 4.99 Å². The van der Waals surface area contributed by atoms with Crippen molar-refractivity contribution in [2.75, 3.05) is 26.7 Å². The number of likely N-dealkylation sites (tertiary alicyclic amines) is 1. The molecule has 4 nitrogen and oxygen atoms in total. The molecule has 1 saturated heterocycles. The normalized spacial score (nSPS) is 17.1. The summed E-state index contributed by atoms with van der Waals surface area (Å²) in [6.45, 7) is 12.2. The lowest BCUT2D eigenvalue weighted by molar-refractivity contribution is 0.167. The summed E-state index contributed by atoms with van der Waals surface area (Å²) in [5.41, 5.74) is 1.32. The quantitative estimate of drug-likeness (QED) is 0.333. The second-order valence-corrected chi connectivity index (χ2v) is 8.69. The van der Waals surface area contributed by atoms with Gasteiger partial charge in [0, 0.05) is 48.7 Å². The zero-order valence-electron chi connectivity index (χ0n) is 16.7. The van der Waals surface area contributed by atoms with Crippen molar-refractivity contribution in [2.24, 2.45) is 4.99 Å². The van der Waals surface area contributed by atoms with E-state index in [4.69, 9.17) is 0 Å². The highest BCUT2D eigenvalue weighted by molar-refractivity contribution is 14.0. The number of hydrogen-bond donors (Lipinski definition) is 2. The Bertz CT molecular complexity index is 581. The zero-order valence-corrected chi connectivity index (χ0v) is 20.6. The Morgan fingerprint density at radius 3 is 2.42 bits per heavy atom. The maximum Gasteiger partial charge on any atom is 0.191 e. The Labute approximate surface area is 184 Å². The molecule has 1 aromatic rings. The molecule has 0 saturated carbocycles. The lowest BCUT2D eigenvalue weighted by atomic mass is 9.84. The minimum atomic E-state index is 0. The number of benzene rings is 1. The maximum atomic E-state index is 4.42. The molecule has 2 rings (SSSR count). The number of guanidine groups is 1. The largest absolute Gasteiger partial charge is 0.356 e. The molecule has 2 N–H and O–H groups in total. The highest BCUT2D eigenvalue weighted by atomic mass is 127. The SMILES string of the molecule is CN=C(NCC(C)(C)c1ccccc1Br)NC1CCN(C(C)C)CC1.I. The Hall–Kier alpha value is -0.340. The van der Waals surface area contributed by atoms with Gasteiger partial charge < -0.3 is 15.5 Å². The standard InChI is InChI=1S/C20H33BrN4.HI/c1-15(2)25-12-10-16(11-13-25)24-19(22-5)23-14-20(3,4)17-8-6-7-9-18(17)21;/h6-9,15-16H,10-14H2,1-5H3,(H2,22,23,24);1H. The van der Waals surface area contributed by atoms with Crippen LogP contribution in [-0.4, -0.2) is 49.6 Å². The van der Waals surface area contributed by atoms with Crippen molar-refractivity contribution in [3.63, 3.8) is 0 Å². The van der Waals surface area contributed by atoms with E-state index in [1.165, 1.54) is 18.4 Å². The van der Waals surface area contributed by atoms with Crippen molar-refractivity contribution in [3.8, 4) is 0 Å². The summed E-state index contributed by atoms with van der Waals surface area (Å²) in [6.07, 6.45) is 2.35. The summed E-state index contributed by atoms with van der Waals surface area (Å²) in [4.78, 5) is 6.97. The fourth-order valence-electron chi connectivity index (χ4n) is 3.36. The smallest absolute Gasteiger partial charge is 0.191 e. The lowest BCUT2D eigenvalue weighted by Gasteiger charge is -2.36. The summed E-state index contributed by atoms with van der Waals surface area (Å²) in [5, 5.41) is 7.13. The first kappa shape index (κ1) is 23.7. The summed E-state index contributed by atoms with van der Waals surface area (Å²) in [6, 6.07) is 9.59. The lowest BCUT2D eigenvalue weighted by Crippen LogP contribution is -2.51. The maximum absolute atomic E-state index is 4.42. The van der Waals surface area contributed by atoms with Crippen molar-refractivity contribution in [1.82, 2.24) is 15.5 Å². The average molecular weight is 537 g/mol. The third-order valence-electron chi connectivity index (χ3n) is 5.13. The molecule has 0 aliphatic carbocycles. The Kier molecular flexibility index (Phi) is 9.90. The van der Waals surface area contributed by atoms with Gasteiger partial charge in [0.15, 0.2) is 5.96 Å². The van der Waals surface area contributed by atoms with Crippen molar-refractivity contribution in [3.05, 3.63) is 34.3 Å². The molecule has 6 heteroatoms. The molecular formula is C20H34BrIN4. The van der Waals surface area contributed by atoms with Crippen LogP contribution in [0.2, 0.25) is 0 Å². The monoisotopic (exact) mass is 536 g/mol. The molecule has 0 unspecified atom stereocenters. The minimum absolute atomic E-state index is 0. The highest BCUT2D eigenvalue weighted by Gasteiger charge is 2.25. The number of nitrogens with one attached hydrogen (secondary N) is 2. The number of aliphatic imine (C=N–C) groups is 1. The van der Waals surface area contributed by atoms with Crippen LogP contribution >= 0.6 is 39.9 Å². The molecule has 0 bridgehead atoms. The van der Waals surface area contributed by atoms with Crippen LogP contribution in [0, 0.1) is 0 Å². The van der Waals surface area contributed by atoms with Gasteiger partial charge in [-0.05, 0) is 38.3 Å². The second-order valence-electron chi connectivity index (χ2n) is 7.84. The van der Waals surface area contributed by atoms with Gasteiger partial charge in [0.25, 0.3) is 0 Å². The van der Waals surface area contributed by atoms with Crippen LogP contribution in [0.3, 0.4) is 0 Å². The molecule has 0 atom stereocenters. The van der Waals surface area contributed by atoms with Crippen molar-refractivity contribution in [2.45, 2.75) is 58.0 Å². The molecule has 1 aromatic carbocycles. The van der Waals surface area contributed by atoms with Gasteiger partial charge in [0.2, 0.25) is 0 Å². The molecule has 0 amide bonds. The van der Waals surface area contributed by atoms with Crippen LogP contribution < -0.4 is 10.6 Å². The molecule has 0 radical (unpaired) electrons. The first-order valence-electron chi connectivity index (χ1n) is 9.29. The number of hydrogen-bond acceptors (Lipinski definition) is 2. The van der Waals surface area contributed by atoms with E-state index in [1.54, 1.807) is 0 Å². The van der Waals surface area contributed by atoms with Gasteiger partial charge in [-0.25, -0.2) is 0 Å². The number of piperidine rings is 1. The third kappa shape index (κ3) is 6.68. The van der Waals surface area contributed by atoms with Crippen LogP contribution in [0.5, 0.6) is 0 Å². The van der Waals surface area contributed by atoms with Crippen molar-refractivity contribution in [1.29, 1.82) is 0 Å². The average Bonchev–Trinajstić information content (AvgIpc) is 2.59. The van der Waals surface area contributed by atoms with Gasteiger partial charge in [-0.2, -0.15) is 0 Å². The zero-order chi connectivity index (χ0) is 18.4. The van der Waals surface area contributed by atoms with E-state index in [0.29, 0.717) is 12.1 Å². The van der Waals surface area contributed by atoms with Crippen molar-refractivity contribution < 1.29 is 0 Å². The molecular weight excluding hydrogens is 503 g/mol. The van der Waals surface area contributed by atoms with Crippen LogP contribution in [0.4, 0.5) is 0 Å². The molecule has 1 aliphatic rings. The summed E-state index contributed by atoms with van der Waals surface area (Å²) in [7, 11) is 1.85. The van der Waals surface area contributed by atoms with Gasteiger partial charge in [0.1, 0.15) is 0 Å². The molecule has 26 heavy (non-hydrogen) atoms. The van der Waals surface area contributed by atoms with Gasteiger partial charge in [0.05, 0.1) is 0 Å². The van der Waals surface area contributed by atoms with E-state index >= 15 is 0 Å². The van der Waals surface area contributed by atoms with Crippen LogP contribution in [0.25, 0.3) is 0 Å². The second kappa shape index (κ2) is 10.9. The van der Waals surface area contributed by atoms with E-state index < -0.39 is 0 Å². The predicted molar refractivity (Wildman–Crippen MR) is 127 cm³/mol. The van der Waals surface area contributed by atoms with E-state index in [0.717, 1.165) is 30.1 Å². The Morgan fingerprint density at radius 1 is 1.27 bits per heavy atom. The van der Waals surface area contributed by atoms with E-state index in [2.05, 4.69) is 88.4 Å². The molecule has 148 valence electrons. The van der Waals surface area contributed by atoms with Crippen LogP contribution in [-0.2, 0) is 5.41 Å². The highest BCUT2D eigenvalue weighted by Crippen LogP contribution is 2.29. The number of nitrogens with zero attached hydrogens (tertiary/aromatic N) is 2.